The first kappa shape index (κ1) is 21.0. The van der Waals surface area contributed by atoms with Crippen LogP contribution < -0.4 is 0 Å². The number of benzene rings is 1. The second-order valence-electron chi connectivity index (χ2n) is 7.92. The Kier molecular flexibility index (Phi) is 7.15. The molecule has 1 aromatic rings. The van der Waals surface area contributed by atoms with E-state index in [0.29, 0.717) is 19.1 Å². The van der Waals surface area contributed by atoms with Gasteiger partial charge in [0.15, 0.2) is 0 Å². The number of aliphatic hydroxyl groups excluding tert-OH is 1. The summed E-state index contributed by atoms with van der Waals surface area (Å²) in [4.78, 5) is 2.38. The summed E-state index contributed by atoms with van der Waals surface area (Å²) in [5, 5.41) is 9.53. The highest BCUT2D eigenvalue weighted by Crippen LogP contribution is 2.66. The molecule has 0 unspecified atom stereocenters. The first-order valence-corrected chi connectivity index (χ1v) is 11.9. The molecule has 0 spiro atoms. The van der Waals surface area contributed by atoms with Gasteiger partial charge in [0, 0.05) is 38.1 Å². The van der Waals surface area contributed by atoms with Crippen molar-refractivity contribution in [3.63, 3.8) is 0 Å². The quantitative estimate of drug-likeness (QED) is 0.633. The minimum atomic E-state index is -3.17. The molecule has 2 aliphatic rings. The lowest BCUT2D eigenvalue weighted by atomic mass is 9.90. The molecule has 1 aliphatic heterocycles. The molecule has 1 heterocycles. The van der Waals surface area contributed by atoms with Crippen LogP contribution in [0.3, 0.4) is 0 Å². The van der Waals surface area contributed by atoms with E-state index in [4.69, 9.17) is 9.05 Å². The van der Waals surface area contributed by atoms with E-state index >= 15 is 0 Å². The van der Waals surface area contributed by atoms with Gasteiger partial charge in [0.05, 0.1) is 18.4 Å². The average molecular weight is 395 g/mol. The van der Waals surface area contributed by atoms with E-state index in [9.17, 15) is 9.67 Å². The number of aliphatic hydroxyl groups is 1. The van der Waals surface area contributed by atoms with Gasteiger partial charge in [-0.25, -0.2) is 0 Å². The number of rotatable bonds is 9. The normalized spacial score (nSPS) is 25.9. The number of hydrogen-bond donors (Lipinski definition) is 1. The van der Waals surface area contributed by atoms with Gasteiger partial charge < -0.3 is 19.1 Å². The van der Waals surface area contributed by atoms with E-state index in [0.717, 1.165) is 45.3 Å². The second kappa shape index (κ2) is 9.19. The third-order valence-corrected chi connectivity index (χ3v) is 9.16. The second-order valence-corrected chi connectivity index (χ2v) is 10.4. The zero-order valence-electron chi connectivity index (χ0n) is 16.7. The predicted octanol–water partition coefficient (Wildman–Crippen LogP) is 4.27. The van der Waals surface area contributed by atoms with E-state index in [2.05, 4.69) is 29.2 Å². The van der Waals surface area contributed by atoms with Gasteiger partial charge in [-0.2, -0.15) is 0 Å². The van der Waals surface area contributed by atoms with Crippen molar-refractivity contribution >= 4 is 7.60 Å². The van der Waals surface area contributed by atoms with Gasteiger partial charge in [0.25, 0.3) is 0 Å². The molecule has 6 heteroatoms. The van der Waals surface area contributed by atoms with Crippen LogP contribution in [0.5, 0.6) is 0 Å². The highest BCUT2D eigenvalue weighted by Gasteiger charge is 2.54. The molecule has 1 N–H and O–H groups in total. The average Bonchev–Trinajstić information content (AvgIpc) is 3.31. The summed E-state index contributed by atoms with van der Waals surface area (Å²) in [5.74, 6) is 0.526. The first-order valence-electron chi connectivity index (χ1n) is 10.3. The molecule has 1 saturated carbocycles. The molecule has 0 bridgehead atoms. The summed E-state index contributed by atoms with van der Waals surface area (Å²) in [6.45, 7) is 7.21. The Morgan fingerprint density at radius 2 is 1.74 bits per heavy atom. The fourth-order valence-electron chi connectivity index (χ4n) is 4.97. The summed E-state index contributed by atoms with van der Waals surface area (Å²) >= 11 is 0. The summed E-state index contributed by atoms with van der Waals surface area (Å²) in [5.41, 5.74) is 1.28. The molecule has 1 saturated heterocycles. The SMILES string of the molecule is CCOP(=O)(OCC)C1(CN2C[C@H](CO)[C@@H](c3ccccc3)C2)CCCC1. The summed E-state index contributed by atoms with van der Waals surface area (Å²) in [6.07, 6.45) is 3.92. The fourth-order valence-corrected chi connectivity index (χ4v) is 7.51. The molecule has 2 fully saturated rings. The van der Waals surface area contributed by atoms with E-state index in [1.165, 1.54) is 5.56 Å². The molecule has 5 nitrogen and oxygen atoms in total. The van der Waals surface area contributed by atoms with Crippen LogP contribution in [0.2, 0.25) is 0 Å². The monoisotopic (exact) mass is 395 g/mol. The fraction of sp³-hybridized carbons (Fsp3) is 0.714. The lowest BCUT2D eigenvalue weighted by Gasteiger charge is -2.38. The van der Waals surface area contributed by atoms with Gasteiger partial charge in [0.1, 0.15) is 0 Å². The zero-order chi connectivity index (χ0) is 19.3. The van der Waals surface area contributed by atoms with E-state index in [-0.39, 0.29) is 12.5 Å². The number of nitrogens with zero attached hydrogens (tertiary/aromatic N) is 1. The van der Waals surface area contributed by atoms with E-state index in [1.54, 1.807) is 0 Å². The molecule has 1 aliphatic carbocycles. The first-order chi connectivity index (χ1) is 13.1. The van der Waals surface area contributed by atoms with Gasteiger partial charge in [-0.3, -0.25) is 4.57 Å². The topological polar surface area (TPSA) is 59.0 Å². The Bertz CT molecular complexity index is 622. The Morgan fingerprint density at radius 3 is 2.30 bits per heavy atom. The highest BCUT2D eigenvalue weighted by molar-refractivity contribution is 7.55. The third kappa shape index (κ3) is 4.33. The van der Waals surface area contributed by atoms with Crippen LogP contribution in [0.4, 0.5) is 0 Å². The zero-order valence-corrected chi connectivity index (χ0v) is 17.6. The molecule has 0 aromatic heterocycles. The molecule has 0 amide bonds. The Morgan fingerprint density at radius 1 is 1.11 bits per heavy atom. The van der Waals surface area contributed by atoms with Crippen molar-refractivity contribution in [3.8, 4) is 0 Å². The van der Waals surface area contributed by atoms with Crippen LogP contribution >= 0.6 is 7.60 Å². The highest BCUT2D eigenvalue weighted by atomic mass is 31.2. The minimum Gasteiger partial charge on any atom is -0.396 e. The van der Waals surface area contributed by atoms with Crippen LogP contribution in [-0.2, 0) is 13.6 Å². The van der Waals surface area contributed by atoms with Crippen molar-refractivity contribution in [1.29, 1.82) is 0 Å². The number of hydrogen-bond acceptors (Lipinski definition) is 5. The number of likely N-dealkylation sites (tertiary alicyclic amines) is 1. The van der Waals surface area contributed by atoms with Gasteiger partial charge in [-0.15, -0.1) is 0 Å². The van der Waals surface area contributed by atoms with Crippen LogP contribution in [0.25, 0.3) is 0 Å². The lowest BCUT2D eigenvalue weighted by molar-refractivity contribution is 0.172. The largest absolute Gasteiger partial charge is 0.396 e. The van der Waals surface area contributed by atoms with Gasteiger partial charge in [0.2, 0.25) is 0 Å². The maximum absolute atomic E-state index is 13.7. The van der Waals surface area contributed by atoms with Crippen molar-refractivity contribution in [3.05, 3.63) is 35.9 Å². The van der Waals surface area contributed by atoms with Crippen LogP contribution in [0, 0.1) is 5.92 Å². The molecule has 3 rings (SSSR count). The van der Waals surface area contributed by atoms with Crippen LogP contribution in [-0.4, -0.2) is 54.6 Å². The van der Waals surface area contributed by atoms with E-state index in [1.807, 2.05) is 19.9 Å². The van der Waals surface area contributed by atoms with Crippen LogP contribution in [0.15, 0.2) is 30.3 Å². The molecule has 27 heavy (non-hydrogen) atoms. The van der Waals surface area contributed by atoms with Crippen molar-refractivity contribution < 1.29 is 18.7 Å². The minimum absolute atomic E-state index is 0.178. The van der Waals surface area contributed by atoms with Crippen LogP contribution in [0.1, 0.15) is 51.0 Å². The molecular weight excluding hydrogens is 361 g/mol. The summed E-state index contributed by atoms with van der Waals surface area (Å²) in [7, 11) is -3.17. The Hall–Kier alpha value is -0.710. The van der Waals surface area contributed by atoms with Gasteiger partial charge in [-0.05, 0) is 32.3 Å². The molecular formula is C21H34NO4P. The molecule has 1 aromatic carbocycles. The lowest BCUT2D eigenvalue weighted by Crippen LogP contribution is -2.41. The Labute approximate surface area is 163 Å². The Balaban J connectivity index is 1.80. The maximum Gasteiger partial charge on any atom is 0.338 e. The summed E-state index contributed by atoms with van der Waals surface area (Å²) < 4.78 is 25.3. The van der Waals surface area contributed by atoms with Crippen molar-refractivity contribution in [2.75, 3.05) is 39.5 Å². The maximum atomic E-state index is 13.7. The molecule has 152 valence electrons. The van der Waals surface area contributed by atoms with Crippen molar-refractivity contribution in [2.24, 2.45) is 5.92 Å². The summed E-state index contributed by atoms with van der Waals surface area (Å²) in [6, 6.07) is 10.4. The smallest absolute Gasteiger partial charge is 0.338 e. The van der Waals surface area contributed by atoms with Crippen molar-refractivity contribution in [1.82, 2.24) is 4.90 Å². The molecule has 0 radical (unpaired) electrons. The third-order valence-electron chi connectivity index (χ3n) is 6.21. The van der Waals surface area contributed by atoms with Gasteiger partial charge >= 0.3 is 7.60 Å². The van der Waals surface area contributed by atoms with Crippen molar-refractivity contribution in [2.45, 2.75) is 50.6 Å². The predicted molar refractivity (Wildman–Crippen MR) is 108 cm³/mol. The van der Waals surface area contributed by atoms with E-state index < -0.39 is 12.8 Å². The molecule has 2 atom stereocenters. The standard InChI is InChI=1S/C21H34NO4P/c1-3-25-27(24,26-4-2)21(12-8-9-13-21)17-22-14-19(16-23)20(15-22)18-10-6-5-7-11-18/h5-7,10-11,19-20,23H,3-4,8-9,12-17H2,1-2H3/t19-,20-/m1/s1. The van der Waals surface area contributed by atoms with Gasteiger partial charge in [-0.1, -0.05) is 43.2 Å².